The normalized spacial score (nSPS) is 19.7. The summed E-state index contributed by atoms with van der Waals surface area (Å²) in [6.45, 7) is 0. The zero-order valence-corrected chi connectivity index (χ0v) is 6.18. The molecule has 0 saturated carbocycles. The van der Waals surface area contributed by atoms with Crippen LogP contribution < -0.4 is 0 Å². The molecule has 1 heterocycles. The van der Waals surface area contributed by atoms with E-state index >= 15 is 0 Å². The van der Waals surface area contributed by atoms with Crippen molar-refractivity contribution in [3.63, 3.8) is 0 Å². The predicted octanol–water partition coefficient (Wildman–Crippen LogP) is 1.58. The number of rotatable bonds is 0. The summed E-state index contributed by atoms with van der Waals surface area (Å²) in [4.78, 5) is 3.97. The van der Waals surface area contributed by atoms with E-state index in [4.69, 9.17) is 10.1 Å². The maximum absolute atomic E-state index is 7.29. The first-order valence-corrected chi connectivity index (χ1v) is 3.52. The largest absolute Gasteiger partial charge is 0.484 e. The minimum atomic E-state index is 0.453. The van der Waals surface area contributed by atoms with Crippen LogP contribution in [0, 0.1) is 5.41 Å². The molecule has 3 nitrogen and oxygen atoms in total. The number of nitrogens with zero attached hydrogens (tertiary/aromatic N) is 1. The monoisotopic (exact) mass is 140 g/mol. The van der Waals surface area contributed by atoms with Gasteiger partial charge in [0.2, 0.25) is 0 Å². The smallest absolute Gasteiger partial charge is 0.189 e. The van der Waals surface area contributed by atoms with Gasteiger partial charge in [-0.25, -0.2) is 4.99 Å². The predicted molar refractivity (Wildman–Crippen MR) is 40.6 cm³/mol. The number of nitrogens with one attached hydrogen (secondary N) is 1. The van der Waals surface area contributed by atoms with Crippen molar-refractivity contribution in [1.82, 2.24) is 0 Å². The summed E-state index contributed by atoms with van der Waals surface area (Å²) in [5, 5.41) is 7.29. The fraction of sp³-hybridized carbons (Fsp3) is 0.714. The molecule has 0 spiro atoms. The summed E-state index contributed by atoms with van der Waals surface area (Å²) in [7, 11) is 1.61. The van der Waals surface area contributed by atoms with Crippen molar-refractivity contribution in [2.24, 2.45) is 4.99 Å². The maximum atomic E-state index is 7.29. The van der Waals surface area contributed by atoms with Crippen molar-refractivity contribution >= 4 is 11.7 Å². The molecule has 1 rings (SSSR count). The first-order valence-electron chi connectivity index (χ1n) is 3.52. The van der Waals surface area contributed by atoms with Gasteiger partial charge < -0.3 is 4.74 Å². The number of hydrogen-bond donors (Lipinski definition) is 1. The van der Waals surface area contributed by atoms with Crippen molar-refractivity contribution in [1.29, 1.82) is 5.41 Å². The average molecular weight is 140 g/mol. The summed E-state index contributed by atoms with van der Waals surface area (Å²) < 4.78 is 4.95. The minimum Gasteiger partial charge on any atom is -0.484 e. The molecule has 1 aliphatic rings. The number of amidine groups is 1. The van der Waals surface area contributed by atoms with Crippen molar-refractivity contribution < 1.29 is 4.74 Å². The molecule has 0 unspecified atom stereocenters. The summed E-state index contributed by atoms with van der Waals surface area (Å²) in [5.41, 5.74) is 0. The highest BCUT2D eigenvalue weighted by Crippen LogP contribution is 2.08. The maximum Gasteiger partial charge on any atom is 0.189 e. The quantitative estimate of drug-likeness (QED) is 0.545. The van der Waals surface area contributed by atoms with E-state index in [1.54, 1.807) is 7.11 Å². The van der Waals surface area contributed by atoms with E-state index < -0.39 is 0 Å². The van der Waals surface area contributed by atoms with E-state index in [-0.39, 0.29) is 0 Å². The Kier molecular flexibility index (Phi) is 2.42. The number of ether oxygens (including phenoxy) is 1. The lowest BCUT2D eigenvalue weighted by atomic mass is 10.2. The Morgan fingerprint density at radius 1 is 1.40 bits per heavy atom. The number of aliphatic imine (C=N–C) groups is 1. The first kappa shape index (κ1) is 7.25. The van der Waals surface area contributed by atoms with Crippen LogP contribution in [0.25, 0.3) is 0 Å². The van der Waals surface area contributed by atoms with Crippen molar-refractivity contribution in [2.75, 3.05) is 7.11 Å². The molecule has 0 aromatic heterocycles. The molecule has 0 atom stereocenters. The van der Waals surface area contributed by atoms with E-state index in [0.717, 1.165) is 25.7 Å². The van der Waals surface area contributed by atoms with Gasteiger partial charge in [-0.2, -0.15) is 0 Å². The third-order valence-electron chi connectivity index (χ3n) is 1.55. The van der Waals surface area contributed by atoms with Gasteiger partial charge >= 0.3 is 0 Å². The van der Waals surface area contributed by atoms with Gasteiger partial charge in [-0.1, -0.05) is 0 Å². The molecular weight excluding hydrogens is 128 g/mol. The molecule has 0 radical (unpaired) electrons. The third kappa shape index (κ3) is 1.83. The molecule has 0 saturated heterocycles. The second kappa shape index (κ2) is 3.34. The van der Waals surface area contributed by atoms with E-state index in [0.29, 0.717) is 11.7 Å². The Morgan fingerprint density at radius 3 is 2.80 bits per heavy atom. The zero-order chi connectivity index (χ0) is 7.40. The zero-order valence-electron chi connectivity index (χ0n) is 6.18. The SMILES string of the molecule is COC1=NC(=N)CCCC1. The molecule has 0 aromatic carbocycles. The highest BCUT2D eigenvalue weighted by atomic mass is 16.5. The Labute approximate surface area is 60.6 Å². The van der Waals surface area contributed by atoms with Crippen LogP contribution >= 0.6 is 0 Å². The Morgan fingerprint density at radius 2 is 2.10 bits per heavy atom. The van der Waals surface area contributed by atoms with Gasteiger partial charge in [0.15, 0.2) is 5.90 Å². The lowest BCUT2D eigenvalue weighted by molar-refractivity contribution is 0.390. The van der Waals surface area contributed by atoms with Gasteiger partial charge in [0, 0.05) is 12.8 Å². The van der Waals surface area contributed by atoms with E-state index in [9.17, 15) is 0 Å². The van der Waals surface area contributed by atoms with Crippen molar-refractivity contribution in [3.05, 3.63) is 0 Å². The molecule has 0 amide bonds. The van der Waals surface area contributed by atoms with Crippen LogP contribution in [0.4, 0.5) is 0 Å². The summed E-state index contributed by atoms with van der Waals surface area (Å²) >= 11 is 0. The first-order chi connectivity index (χ1) is 4.83. The molecule has 1 N–H and O–H groups in total. The molecule has 0 bridgehead atoms. The van der Waals surface area contributed by atoms with Crippen LogP contribution in [-0.4, -0.2) is 18.8 Å². The van der Waals surface area contributed by atoms with Gasteiger partial charge in [-0.3, -0.25) is 5.41 Å². The highest BCUT2D eigenvalue weighted by molar-refractivity contribution is 5.93. The summed E-state index contributed by atoms with van der Waals surface area (Å²) in [5.74, 6) is 1.16. The van der Waals surface area contributed by atoms with Gasteiger partial charge in [0.05, 0.1) is 7.11 Å². The van der Waals surface area contributed by atoms with Gasteiger partial charge in [-0.05, 0) is 12.8 Å². The van der Waals surface area contributed by atoms with Crippen molar-refractivity contribution in [2.45, 2.75) is 25.7 Å². The fourth-order valence-corrected chi connectivity index (χ4v) is 0.979. The molecule has 0 aromatic rings. The number of methoxy groups -OCH3 is 1. The summed E-state index contributed by atoms with van der Waals surface area (Å²) in [6.07, 6.45) is 3.84. The number of hydrogen-bond acceptors (Lipinski definition) is 2. The van der Waals surface area contributed by atoms with Crippen LogP contribution in [0.3, 0.4) is 0 Å². The molecule has 0 fully saturated rings. The lowest BCUT2D eigenvalue weighted by Gasteiger charge is -1.98. The van der Waals surface area contributed by atoms with Crippen LogP contribution in [0.2, 0.25) is 0 Å². The molecule has 10 heavy (non-hydrogen) atoms. The Bertz CT molecular complexity index is 163. The third-order valence-corrected chi connectivity index (χ3v) is 1.55. The fourth-order valence-electron chi connectivity index (χ4n) is 0.979. The molecular formula is C7H12N2O. The van der Waals surface area contributed by atoms with Crippen LogP contribution in [0.1, 0.15) is 25.7 Å². The second-order valence-corrected chi connectivity index (χ2v) is 2.36. The van der Waals surface area contributed by atoms with E-state index in [2.05, 4.69) is 4.99 Å². The van der Waals surface area contributed by atoms with E-state index in [1.807, 2.05) is 0 Å². The molecule has 56 valence electrons. The molecule has 0 aliphatic carbocycles. The molecule has 1 aliphatic heterocycles. The lowest BCUT2D eigenvalue weighted by Crippen LogP contribution is -2.01. The van der Waals surface area contributed by atoms with Gasteiger partial charge in [-0.15, -0.1) is 0 Å². The van der Waals surface area contributed by atoms with Crippen molar-refractivity contribution in [3.8, 4) is 0 Å². The Balaban J connectivity index is 2.59. The van der Waals surface area contributed by atoms with Crippen LogP contribution in [-0.2, 0) is 4.74 Å². The van der Waals surface area contributed by atoms with Gasteiger partial charge in [0.1, 0.15) is 5.84 Å². The van der Waals surface area contributed by atoms with E-state index in [1.165, 1.54) is 0 Å². The second-order valence-electron chi connectivity index (χ2n) is 2.36. The standard InChI is InChI=1S/C7H12N2O/c1-10-7-5-3-2-4-6(8)9-7/h8H,2-5H2,1H3. The topological polar surface area (TPSA) is 45.4 Å². The highest BCUT2D eigenvalue weighted by Gasteiger charge is 2.06. The minimum absolute atomic E-state index is 0.453. The van der Waals surface area contributed by atoms with Crippen LogP contribution in [0.15, 0.2) is 4.99 Å². The molecule has 3 heteroatoms. The van der Waals surface area contributed by atoms with Gasteiger partial charge in [0.25, 0.3) is 0 Å². The average Bonchev–Trinajstić information content (AvgIpc) is 2.13. The summed E-state index contributed by atoms with van der Waals surface area (Å²) in [6, 6.07) is 0. The van der Waals surface area contributed by atoms with Crippen LogP contribution in [0.5, 0.6) is 0 Å². The Hall–Kier alpha value is -0.860.